The van der Waals surface area contributed by atoms with E-state index in [-0.39, 0.29) is 60.5 Å². The van der Waals surface area contributed by atoms with Gasteiger partial charge in [-0.05, 0) is 152 Å². The molecule has 9 rings (SSSR count). The molecule has 1 saturated carbocycles. The number of hydrogen-bond acceptors (Lipinski definition) is 8. The first-order valence-electron chi connectivity index (χ1n) is 21.0. The molecule has 0 aromatic heterocycles. The van der Waals surface area contributed by atoms with Gasteiger partial charge in [0, 0.05) is 36.8 Å². The zero-order chi connectivity index (χ0) is 39.7. The molecule has 3 aromatic carbocycles. The summed E-state index contributed by atoms with van der Waals surface area (Å²) in [6.07, 6.45) is 11.6. The zero-order valence-corrected chi connectivity index (χ0v) is 33.1. The van der Waals surface area contributed by atoms with Crippen molar-refractivity contribution in [1.82, 2.24) is 5.32 Å². The number of carbonyl (C=O) groups excluding carboxylic acids is 2. The predicted molar refractivity (Wildman–Crippen MR) is 220 cm³/mol. The van der Waals surface area contributed by atoms with Crippen LogP contribution in [0.2, 0.25) is 0 Å². The van der Waals surface area contributed by atoms with E-state index >= 15 is 0 Å². The minimum atomic E-state index is -0.875. The van der Waals surface area contributed by atoms with Crippen LogP contribution in [-0.4, -0.2) is 47.5 Å². The number of unbranched alkanes of at least 4 members (excludes halogenated alkanes) is 1. The van der Waals surface area contributed by atoms with Crippen LogP contribution in [0, 0.1) is 35.0 Å². The summed E-state index contributed by atoms with van der Waals surface area (Å²) in [4.78, 5) is 29.0. The summed E-state index contributed by atoms with van der Waals surface area (Å²) in [7, 11) is 1.93. The van der Waals surface area contributed by atoms with Gasteiger partial charge in [0.2, 0.25) is 0 Å². The maximum atomic E-state index is 14.7. The Hall–Kier alpha value is -4.76. The maximum absolute atomic E-state index is 14.7. The Kier molecular flexibility index (Phi) is 11.4. The fourth-order valence-corrected chi connectivity index (χ4v) is 10.8. The summed E-state index contributed by atoms with van der Waals surface area (Å²) in [6.45, 7) is 3.02. The Morgan fingerprint density at radius 1 is 0.912 bits per heavy atom. The van der Waals surface area contributed by atoms with Crippen LogP contribution >= 0.6 is 0 Å². The van der Waals surface area contributed by atoms with E-state index in [1.165, 1.54) is 5.56 Å². The molecule has 3 aromatic rings. The third-order valence-corrected chi connectivity index (χ3v) is 13.4. The van der Waals surface area contributed by atoms with Crippen molar-refractivity contribution in [2.75, 3.05) is 20.3 Å². The van der Waals surface area contributed by atoms with Gasteiger partial charge in [-0.1, -0.05) is 67.9 Å². The van der Waals surface area contributed by atoms with Crippen LogP contribution < -0.4 is 5.32 Å². The van der Waals surface area contributed by atoms with E-state index in [1.807, 2.05) is 37.4 Å². The van der Waals surface area contributed by atoms with Gasteiger partial charge in [-0.25, -0.2) is 9.59 Å². The third kappa shape index (κ3) is 7.10. The van der Waals surface area contributed by atoms with Crippen LogP contribution in [0.15, 0.2) is 113 Å². The molecule has 2 bridgehead atoms. The number of cyclic esters (lactones) is 2. The number of hydrogen-bond donors (Lipinski definition) is 4. The predicted octanol–water partition coefficient (Wildman–Crippen LogP) is 8.58. The SMILES string of the molecule is CCC(C=C1OC(=O)C2=C(c3cc(O)ccc3-c3cccc(CNC)c3)C3CCC12C1C2=C(CCC31)C(=CCC(CO)CCCCO)OC2=O)Cc1ccccc1. The second kappa shape index (κ2) is 16.6. The number of aromatic hydroxyl groups is 1. The molecular formula is C49H55NO7. The summed E-state index contributed by atoms with van der Waals surface area (Å²) in [6, 6.07) is 24.3. The van der Waals surface area contributed by atoms with Gasteiger partial charge in [0.15, 0.2) is 0 Å². The van der Waals surface area contributed by atoms with Gasteiger partial charge < -0.3 is 30.1 Å². The van der Waals surface area contributed by atoms with Gasteiger partial charge in [-0.3, -0.25) is 0 Å². The number of nitrogens with one attached hydrogen (secondary N) is 1. The quantitative estimate of drug-likeness (QED) is 0.0896. The molecular weight excluding hydrogens is 715 g/mol. The van der Waals surface area contributed by atoms with Crippen molar-refractivity contribution in [3.05, 3.63) is 130 Å². The molecule has 2 fully saturated rings. The molecule has 0 radical (unpaired) electrons. The van der Waals surface area contributed by atoms with Crippen LogP contribution in [0.3, 0.4) is 0 Å². The van der Waals surface area contributed by atoms with Gasteiger partial charge in [0.05, 0.1) is 11.0 Å². The third-order valence-electron chi connectivity index (χ3n) is 13.4. The highest BCUT2D eigenvalue weighted by molar-refractivity contribution is 6.07. The second-order valence-corrected chi connectivity index (χ2v) is 16.7. The van der Waals surface area contributed by atoms with Crippen molar-refractivity contribution in [2.24, 2.45) is 35.0 Å². The topological polar surface area (TPSA) is 125 Å². The molecule has 6 aliphatic rings. The minimum absolute atomic E-state index is 0.00603. The molecule has 1 spiro atoms. The zero-order valence-electron chi connectivity index (χ0n) is 33.1. The number of phenols is 1. The molecule has 0 amide bonds. The average molecular weight is 770 g/mol. The number of allylic oxidation sites excluding steroid dienone is 5. The van der Waals surface area contributed by atoms with Crippen molar-refractivity contribution < 1.29 is 34.4 Å². The monoisotopic (exact) mass is 769 g/mol. The number of benzene rings is 3. The number of carbonyl (C=O) groups is 2. The van der Waals surface area contributed by atoms with E-state index in [1.54, 1.807) is 6.07 Å². The fraction of sp³-hybridized carbons (Fsp3) is 0.429. The standard InChI is InChI=1S/C49H55NO7/c1-3-30(24-31-10-5-4-6-11-31)26-42-49-22-21-37(38-18-19-39-41(56-47(54)44(39)45(38)49)20-15-32(29-52)12-7-8-23-51)43(46(49)48(55)57-42)40-27-35(53)16-17-36(40)34-14-9-13-33(25-34)28-50-2/h4-6,9-11,13-14,16-17,20,25-27,30,32,37-38,45,50-53H,3,7-8,12,15,18-19,21-24,28-29H2,1-2H3. The van der Waals surface area contributed by atoms with Gasteiger partial charge in [-0.15, -0.1) is 0 Å². The summed E-state index contributed by atoms with van der Waals surface area (Å²) < 4.78 is 12.7. The fourth-order valence-electron chi connectivity index (χ4n) is 10.8. The highest BCUT2D eigenvalue weighted by Crippen LogP contribution is 2.72. The van der Waals surface area contributed by atoms with Crippen molar-refractivity contribution in [3.8, 4) is 16.9 Å². The molecule has 6 unspecified atom stereocenters. The average Bonchev–Trinajstić information content (AvgIpc) is 3.71. The van der Waals surface area contributed by atoms with Gasteiger partial charge >= 0.3 is 11.9 Å². The van der Waals surface area contributed by atoms with Gasteiger partial charge in [0.1, 0.15) is 17.3 Å². The number of aliphatic hydroxyl groups is 2. The molecule has 6 atom stereocenters. The lowest BCUT2D eigenvalue weighted by atomic mass is 9.44. The first kappa shape index (κ1) is 39.1. The molecule has 298 valence electrons. The maximum Gasteiger partial charge on any atom is 0.340 e. The van der Waals surface area contributed by atoms with E-state index in [0.717, 1.165) is 71.9 Å². The van der Waals surface area contributed by atoms with Crippen molar-refractivity contribution in [1.29, 1.82) is 0 Å². The summed E-state index contributed by atoms with van der Waals surface area (Å²) in [5.41, 5.74) is 7.44. The first-order chi connectivity index (χ1) is 27.8. The molecule has 1 saturated heterocycles. The molecule has 8 heteroatoms. The van der Waals surface area contributed by atoms with Crippen LogP contribution in [0.5, 0.6) is 5.75 Å². The van der Waals surface area contributed by atoms with E-state index in [4.69, 9.17) is 9.47 Å². The highest BCUT2D eigenvalue weighted by Gasteiger charge is 2.68. The summed E-state index contributed by atoms with van der Waals surface area (Å²) in [5, 5.41) is 33.8. The number of fused-ring (bicyclic) bond motifs is 1. The lowest BCUT2D eigenvalue weighted by molar-refractivity contribution is -0.135. The molecule has 4 N–H and O–H groups in total. The van der Waals surface area contributed by atoms with Crippen molar-refractivity contribution in [3.63, 3.8) is 0 Å². The minimum Gasteiger partial charge on any atom is -0.508 e. The van der Waals surface area contributed by atoms with Crippen molar-refractivity contribution in [2.45, 2.75) is 77.7 Å². The van der Waals surface area contributed by atoms with Gasteiger partial charge in [-0.2, -0.15) is 0 Å². The van der Waals surface area contributed by atoms with Gasteiger partial charge in [0.25, 0.3) is 0 Å². The lowest BCUT2D eigenvalue weighted by Gasteiger charge is -2.56. The largest absolute Gasteiger partial charge is 0.508 e. The smallest absolute Gasteiger partial charge is 0.340 e. The van der Waals surface area contributed by atoms with Crippen LogP contribution in [0.4, 0.5) is 0 Å². The van der Waals surface area contributed by atoms with Crippen LogP contribution in [0.1, 0.15) is 81.4 Å². The first-order valence-corrected chi connectivity index (χ1v) is 21.0. The van der Waals surface area contributed by atoms with Crippen LogP contribution in [-0.2, 0) is 32.0 Å². The molecule has 8 nitrogen and oxygen atoms in total. The summed E-state index contributed by atoms with van der Waals surface area (Å²) >= 11 is 0. The number of aliphatic hydroxyl groups excluding tert-OH is 2. The Labute approximate surface area is 336 Å². The lowest BCUT2D eigenvalue weighted by Crippen LogP contribution is -2.52. The van der Waals surface area contributed by atoms with Crippen molar-refractivity contribution >= 4 is 17.5 Å². The number of rotatable bonds is 15. The molecule has 2 heterocycles. The Morgan fingerprint density at radius 2 is 1.74 bits per heavy atom. The Bertz CT molecular complexity index is 2150. The van der Waals surface area contributed by atoms with E-state index in [0.29, 0.717) is 54.9 Å². The Balaban J connectivity index is 1.30. The van der Waals surface area contributed by atoms with E-state index in [9.17, 15) is 24.9 Å². The van der Waals surface area contributed by atoms with E-state index in [2.05, 4.69) is 60.8 Å². The molecule has 4 aliphatic carbocycles. The second-order valence-electron chi connectivity index (χ2n) is 16.7. The number of esters is 2. The van der Waals surface area contributed by atoms with E-state index < -0.39 is 5.41 Å². The summed E-state index contributed by atoms with van der Waals surface area (Å²) in [5.74, 6) is 0.472. The number of phenolic OH excluding ortho intramolecular Hbond substituents is 1. The Morgan fingerprint density at radius 3 is 2.51 bits per heavy atom. The molecule has 2 aliphatic heterocycles. The number of ether oxygens (including phenoxy) is 2. The molecule has 57 heavy (non-hydrogen) atoms. The highest BCUT2D eigenvalue weighted by atomic mass is 16.5. The van der Waals surface area contributed by atoms with Crippen LogP contribution in [0.25, 0.3) is 16.7 Å². The normalized spacial score (nSPS) is 26.1.